The van der Waals surface area contributed by atoms with Gasteiger partial charge in [0.2, 0.25) is 0 Å². The number of alkyl halides is 7. The van der Waals surface area contributed by atoms with Crippen LogP contribution in [-0.4, -0.2) is 50.9 Å². The maximum atomic E-state index is 13.3. The minimum atomic E-state index is -6.11. The number of esters is 1. The Balaban J connectivity index is 2.41. The molecule has 0 radical (unpaired) electrons. The molecule has 2 rings (SSSR count). The van der Waals surface area contributed by atoms with E-state index in [9.17, 15) is 36.2 Å². The Morgan fingerprint density at radius 1 is 1.19 bits per heavy atom. The summed E-state index contributed by atoms with van der Waals surface area (Å²) in [5, 5.41) is 12.2. The molecule has 3 atom stereocenters. The first-order valence-electron chi connectivity index (χ1n) is 7.66. The van der Waals surface area contributed by atoms with Crippen molar-refractivity contribution in [2.45, 2.75) is 58.9 Å². The van der Waals surface area contributed by atoms with E-state index in [2.05, 4.69) is 10.1 Å². The molecule has 2 unspecified atom stereocenters. The van der Waals surface area contributed by atoms with Crippen LogP contribution in [-0.2, 0) is 9.53 Å². The summed E-state index contributed by atoms with van der Waals surface area (Å²) in [5.74, 6) is -2.88. The average Bonchev–Trinajstić information content (AvgIpc) is 3.03. The van der Waals surface area contributed by atoms with Gasteiger partial charge in [0.15, 0.2) is 9.65 Å². The largest absolute Gasteiger partial charge is 0.456 e. The van der Waals surface area contributed by atoms with Crippen LogP contribution in [0, 0.1) is 5.92 Å². The van der Waals surface area contributed by atoms with E-state index in [0.29, 0.717) is 12.8 Å². The fraction of sp³-hybridized carbons (Fsp3) is 0.923. The molecule has 2 aliphatic rings. The molecule has 0 aromatic rings. The SMILES string of the molecule is NC1(C(N)(I)C(=O)O[C@@H](C2CCCC2)C(O)(C(F)(F)F)C(F)(F)F)CN1. The number of ether oxygens (including phenoxy) is 1. The van der Waals surface area contributed by atoms with Crippen LogP contribution >= 0.6 is 22.6 Å². The Bertz CT molecular complexity index is 544. The Labute approximate surface area is 158 Å². The molecule has 1 saturated heterocycles. The molecule has 6 N–H and O–H groups in total. The molecule has 13 heteroatoms. The van der Waals surface area contributed by atoms with Gasteiger partial charge in [0.05, 0.1) is 0 Å². The predicted molar refractivity (Wildman–Crippen MR) is 84.8 cm³/mol. The molecule has 0 bridgehead atoms. The van der Waals surface area contributed by atoms with Crippen LogP contribution in [0.4, 0.5) is 26.3 Å². The third-order valence-corrected chi connectivity index (χ3v) is 6.24. The zero-order valence-corrected chi connectivity index (χ0v) is 15.4. The number of hydrogen-bond acceptors (Lipinski definition) is 6. The third kappa shape index (κ3) is 3.52. The second-order valence-electron chi connectivity index (χ2n) is 6.67. The summed E-state index contributed by atoms with van der Waals surface area (Å²) in [6, 6.07) is 0. The number of nitrogens with two attached hydrogens (primary N) is 2. The summed E-state index contributed by atoms with van der Waals surface area (Å²) < 4.78 is 82.1. The van der Waals surface area contributed by atoms with Crippen molar-refractivity contribution >= 4 is 28.6 Å². The van der Waals surface area contributed by atoms with Gasteiger partial charge >= 0.3 is 18.3 Å². The van der Waals surface area contributed by atoms with Crippen molar-refractivity contribution in [3.63, 3.8) is 0 Å². The second kappa shape index (κ2) is 6.60. The first-order valence-corrected chi connectivity index (χ1v) is 8.74. The monoisotopic (exact) mass is 505 g/mol. The summed E-state index contributed by atoms with van der Waals surface area (Å²) in [6.45, 7) is 0.0262. The second-order valence-corrected chi connectivity index (χ2v) is 8.37. The van der Waals surface area contributed by atoms with Crippen LogP contribution in [0.3, 0.4) is 0 Å². The first-order chi connectivity index (χ1) is 11.6. The molecular formula is C13H18F6IN3O3. The highest BCUT2D eigenvalue weighted by molar-refractivity contribution is 14.1. The highest BCUT2D eigenvalue weighted by Crippen LogP contribution is 2.50. The van der Waals surface area contributed by atoms with Gasteiger partial charge in [-0.15, -0.1) is 0 Å². The Morgan fingerprint density at radius 3 is 1.96 bits per heavy atom. The maximum absolute atomic E-state index is 13.3. The van der Waals surface area contributed by atoms with Gasteiger partial charge < -0.3 is 21.3 Å². The van der Waals surface area contributed by atoms with Crippen molar-refractivity contribution in [3.8, 4) is 0 Å². The van der Waals surface area contributed by atoms with E-state index in [1.54, 1.807) is 0 Å². The molecule has 1 saturated carbocycles. The molecule has 1 aliphatic carbocycles. The first kappa shape index (κ1) is 21.9. The van der Waals surface area contributed by atoms with Crippen molar-refractivity contribution in [2.24, 2.45) is 17.4 Å². The van der Waals surface area contributed by atoms with E-state index in [1.165, 1.54) is 22.6 Å². The molecule has 1 aliphatic heterocycles. The normalized spacial score (nSPS) is 28.5. The summed E-state index contributed by atoms with van der Waals surface area (Å²) in [7, 11) is 0. The van der Waals surface area contributed by atoms with Crippen molar-refractivity contribution in [3.05, 3.63) is 0 Å². The highest BCUT2D eigenvalue weighted by atomic mass is 127. The lowest BCUT2D eigenvalue weighted by molar-refractivity contribution is -0.396. The molecule has 6 nitrogen and oxygen atoms in total. The molecule has 1 heterocycles. The summed E-state index contributed by atoms with van der Waals surface area (Å²) in [6.07, 6.45) is -14.5. The quantitative estimate of drug-likeness (QED) is 0.112. The minimum Gasteiger partial charge on any atom is -0.456 e. The molecule has 2 fully saturated rings. The van der Waals surface area contributed by atoms with Gasteiger partial charge in [-0.25, -0.2) is 4.79 Å². The molecule has 0 aromatic heterocycles. The number of hydrogen-bond donors (Lipinski definition) is 4. The van der Waals surface area contributed by atoms with E-state index < -0.39 is 45.2 Å². The standard InChI is InChI=1S/C13H18F6IN3O3/c14-12(15,16)10(25,13(17,18)19)7(6-3-1-2-4-6)26-8(24)11(20,22)9(21)5-23-9/h6-7,23,25H,1-5,21-22H2/t7-,9?,11?/m0/s1. The van der Waals surface area contributed by atoms with E-state index in [-0.39, 0.29) is 19.4 Å². The molecule has 26 heavy (non-hydrogen) atoms. The van der Waals surface area contributed by atoms with Crippen LogP contribution < -0.4 is 16.8 Å². The van der Waals surface area contributed by atoms with Crippen LogP contribution in [0.5, 0.6) is 0 Å². The van der Waals surface area contributed by atoms with Crippen LogP contribution in [0.25, 0.3) is 0 Å². The number of nitrogens with one attached hydrogen (secondary N) is 1. The average molecular weight is 505 g/mol. The van der Waals surface area contributed by atoms with Crippen LogP contribution in [0.1, 0.15) is 25.7 Å². The molecule has 0 aromatic carbocycles. The zero-order chi connectivity index (χ0) is 20.2. The van der Waals surface area contributed by atoms with E-state index in [4.69, 9.17) is 11.5 Å². The van der Waals surface area contributed by atoms with Crippen molar-refractivity contribution in [2.75, 3.05) is 6.54 Å². The van der Waals surface area contributed by atoms with Crippen molar-refractivity contribution in [1.29, 1.82) is 0 Å². The number of halogens is 7. The van der Waals surface area contributed by atoms with Gasteiger partial charge in [0.25, 0.3) is 5.60 Å². The fourth-order valence-corrected chi connectivity index (χ4v) is 3.51. The molecular weight excluding hydrogens is 487 g/mol. The predicted octanol–water partition coefficient (Wildman–Crippen LogP) is 1.29. The van der Waals surface area contributed by atoms with Crippen LogP contribution in [0.2, 0.25) is 0 Å². The number of carbonyl (C=O) groups is 1. The van der Waals surface area contributed by atoms with E-state index in [1.807, 2.05) is 0 Å². The molecule has 0 amide bonds. The highest BCUT2D eigenvalue weighted by Gasteiger charge is 2.77. The number of rotatable bonds is 5. The van der Waals surface area contributed by atoms with Gasteiger partial charge in [0.1, 0.15) is 5.66 Å². The van der Waals surface area contributed by atoms with Crippen LogP contribution in [0.15, 0.2) is 0 Å². The number of carbonyl (C=O) groups excluding carboxylic acids is 1. The third-order valence-electron chi connectivity index (χ3n) is 4.84. The zero-order valence-electron chi connectivity index (χ0n) is 13.3. The Hall–Kier alpha value is -0.380. The van der Waals surface area contributed by atoms with Crippen molar-refractivity contribution < 1.29 is 41.0 Å². The lowest BCUT2D eigenvalue weighted by atomic mass is 9.84. The van der Waals surface area contributed by atoms with Gasteiger partial charge in [-0.05, 0) is 41.4 Å². The fourth-order valence-electron chi connectivity index (χ4n) is 3.00. The summed E-state index contributed by atoms with van der Waals surface area (Å²) >= 11 is 1.31. The van der Waals surface area contributed by atoms with Gasteiger partial charge in [0, 0.05) is 6.54 Å². The van der Waals surface area contributed by atoms with E-state index in [0.717, 1.165) is 0 Å². The van der Waals surface area contributed by atoms with E-state index >= 15 is 0 Å². The van der Waals surface area contributed by atoms with Crippen molar-refractivity contribution in [1.82, 2.24) is 5.32 Å². The summed E-state index contributed by atoms with van der Waals surface area (Å²) in [5.41, 5.74) is 4.65. The number of aliphatic hydroxyl groups is 1. The summed E-state index contributed by atoms with van der Waals surface area (Å²) in [4.78, 5) is 12.3. The lowest BCUT2D eigenvalue weighted by Gasteiger charge is -2.41. The topological polar surface area (TPSA) is 121 Å². The Morgan fingerprint density at radius 2 is 1.62 bits per heavy atom. The molecule has 0 spiro atoms. The van der Waals surface area contributed by atoms with Gasteiger partial charge in [-0.2, -0.15) is 26.3 Å². The minimum absolute atomic E-state index is 0.0262. The maximum Gasteiger partial charge on any atom is 0.430 e. The van der Waals surface area contributed by atoms with Gasteiger partial charge in [-0.1, -0.05) is 12.8 Å². The lowest BCUT2D eigenvalue weighted by Crippen LogP contribution is -2.69. The smallest absolute Gasteiger partial charge is 0.430 e. The Kier molecular flexibility index (Phi) is 5.56. The van der Waals surface area contributed by atoms with Gasteiger partial charge in [-0.3, -0.25) is 5.32 Å². The molecule has 152 valence electrons.